The summed E-state index contributed by atoms with van der Waals surface area (Å²) in [5.41, 5.74) is 7.33. The molecule has 1 nitrogen and oxygen atoms in total. The van der Waals surface area contributed by atoms with Crippen molar-refractivity contribution in [3.63, 3.8) is 0 Å². The predicted octanol–water partition coefficient (Wildman–Crippen LogP) is 3.22. The van der Waals surface area contributed by atoms with Gasteiger partial charge in [0.05, 0.1) is 0 Å². The standard InChI is InChI=1S/C12H19NS/c1-9(2)14-12(10(3)13)11-7-5-4-6-8-11/h4-10,12H,13H2,1-3H3. The largest absolute Gasteiger partial charge is 0.327 e. The van der Waals surface area contributed by atoms with Gasteiger partial charge in [-0.05, 0) is 17.7 Å². The number of thioether (sulfide) groups is 1. The van der Waals surface area contributed by atoms with E-state index in [9.17, 15) is 0 Å². The van der Waals surface area contributed by atoms with E-state index in [2.05, 4.69) is 45.0 Å². The van der Waals surface area contributed by atoms with Gasteiger partial charge < -0.3 is 5.73 Å². The zero-order chi connectivity index (χ0) is 10.6. The van der Waals surface area contributed by atoms with E-state index in [0.717, 1.165) is 0 Å². The van der Waals surface area contributed by atoms with E-state index in [1.54, 1.807) is 0 Å². The van der Waals surface area contributed by atoms with Crippen molar-refractivity contribution in [3.05, 3.63) is 35.9 Å². The number of hydrogen-bond donors (Lipinski definition) is 1. The molecule has 0 saturated carbocycles. The fraction of sp³-hybridized carbons (Fsp3) is 0.500. The third-order valence-corrected chi connectivity index (χ3v) is 3.56. The maximum Gasteiger partial charge on any atom is 0.0448 e. The van der Waals surface area contributed by atoms with E-state index in [4.69, 9.17) is 5.73 Å². The maximum atomic E-state index is 6.00. The first-order chi connectivity index (χ1) is 6.61. The number of hydrogen-bond acceptors (Lipinski definition) is 2. The first-order valence-electron chi connectivity index (χ1n) is 5.07. The molecule has 0 aliphatic rings. The Labute approximate surface area is 91.1 Å². The van der Waals surface area contributed by atoms with E-state index in [-0.39, 0.29) is 6.04 Å². The van der Waals surface area contributed by atoms with Crippen LogP contribution in [-0.2, 0) is 0 Å². The second kappa shape index (κ2) is 5.42. The Morgan fingerprint density at radius 1 is 1.07 bits per heavy atom. The molecule has 0 aliphatic heterocycles. The second-order valence-corrected chi connectivity index (χ2v) is 5.60. The zero-order valence-electron chi connectivity index (χ0n) is 9.10. The van der Waals surface area contributed by atoms with Crippen LogP contribution in [0.15, 0.2) is 30.3 Å². The zero-order valence-corrected chi connectivity index (χ0v) is 9.92. The Balaban J connectivity index is 2.78. The van der Waals surface area contributed by atoms with Crippen molar-refractivity contribution < 1.29 is 0 Å². The summed E-state index contributed by atoms with van der Waals surface area (Å²) in [5.74, 6) is 0. The fourth-order valence-corrected chi connectivity index (χ4v) is 2.59. The summed E-state index contributed by atoms with van der Waals surface area (Å²) < 4.78 is 0. The highest BCUT2D eigenvalue weighted by molar-refractivity contribution is 8.00. The van der Waals surface area contributed by atoms with Crippen molar-refractivity contribution in [1.29, 1.82) is 0 Å². The summed E-state index contributed by atoms with van der Waals surface area (Å²) in [5, 5.41) is 1.03. The number of nitrogens with two attached hydrogens (primary N) is 1. The summed E-state index contributed by atoms with van der Waals surface area (Å²) >= 11 is 1.94. The van der Waals surface area contributed by atoms with Gasteiger partial charge in [0.2, 0.25) is 0 Å². The molecule has 2 heteroatoms. The molecule has 1 rings (SSSR count). The average Bonchev–Trinajstić information content (AvgIpc) is 2.15. The molecule has 0 bridgehead atoms. The van der Waals surface area contributed by atoms with Gasteiger partial charge in [-0.1, -0.05) is 44.2 Å². The molecule has 0 fully saturated rings. The van der Waals surface area contributed by atoms with Gasteiger partial charge in [0, 0.05) is 11.3 Å². The molecule has 1 aromatic carbocycles. The number of rotatable bonds is 4. The monoisotopic (exact) mass is 209 g/mol. The Kier molecular flexibility index (Phi) is 4.49. The second-order valence-electron chi connectivity index (χ2n) is 3.88. The molecule has 1 aromatic rings. The van der Waals surface area contributed by atoms with Crippen LogP contribution in [0.4, 0.5) is 0 Å². The highest BCUT2D eigenvalue weighted by Crippen LogP contribution is 2.33. The lowest BCUT2D eigenvalue weighted by molar-refractivity contribution is 0.718. The Bertz CT molecular complexity index is 256. The van der Waals surface area contributed by atoms with Crippen molar-refractivity contribution in [1.82, 2.24) is 0 Å². The summed E-state index contributed by atoms with van der Waals surface area (Å²) in [7, 11) is 0. The predicted molar refractivity (Wildman–Crippen MR) is 65.6 cm³/mol. The normalized spacial score (nSPS) is 15.5. The van der Waals surface area contributed by atoms with Crippen molar-refractivity contribution in [3.8, 4) is 0 Å². The van der Waals surface area contributed by atoms with E-state index >= 15 is 0 Å². The lowest BCUT2D eigenvalue weighted by atomic mass is 10.1. The van der Waals surface area contributed by atoms with Crippen LogP contribution in [-0.4, -0.2) is 11.3 Å². The molecule has 78 valence electrons. The molecule has 0 aromatic heterocycles. The van der Waals surface area contributed by atoms with Gasteiger partial charge in [-0.25, -0.2) is 0 Å². The molecule has 0 radical (unpaired) electrons. The van der Waals surface area contributed by atoms with Crippen LogP contribution in [0, 0.1) is 0 Å². The van der Waals surface area contributed by atoms with Crippen LogP contribution in [0.5, 0.6) is 0 Å². The van der Waals surface area contributed by atoms with Gasteiger partial charge in [-0.2, -0.15) is 0 Å². The smallest absolute Gasteiger partial charge is 0.0448 e. The highest BCUT2D eigenvalue weighted by atomic mass is 32.2. The topological polar surface area (TPSA) is 26.0 Å². The van der Waals surface area contributed by atoms with Gasteiger partial charge in [-0.15, -0.1) is 11.8 Å². The molecule has 2 atom stereocenters. The van der Waals surface area contributed by atoms with Crippen molar-refractivity contribution in [2.75, 3.05) is 0 Å². The van der Waals surface area contributed by atoms with Crippen LogP contribution in [0.1, 0.15) is 31.6 Å². The first-order valence-corrected chi connectivity index (χ1v) is 6.01. The van der Waals surface area contributed by atoms with Gasteiger partial charge in [0.25, 0.3) is 0 Å². The summed E-state index contributed by atoms with van der Waals surface area (Å²) in [6, 6.07) is 10.7. The number of benzene rings is 1. The van der Waals surface area contributed by atoms with Crippen molar-refractivity contribution >= 4 is 11.8 Å². The Morgan fingerprint density at radius 2 is 1.64 bits per heavy atom. The van der Waals surface area contributed by atoms with Crippen LogP contribution in [0.25, 0.3) is 0 Å². The lowest BCUT2D eigenvalue weighted by Gasteiger charge is -2.22. The van der Waals surface area contributed by atoms with E-state index in [1.807, 2.05) is 17.8 Å². The molecule has 0 spiro atoms. The molecular formula is C12H19NS. The van der Waals surface area contributed by atoms with E-state index in [1.165, 1.54) is 5.56 Å². The fourth-order valence-electron chi connectivity index (χ4n) is 1.44. The average molecular weight is 209 g/mol. The maximum absolute atomic E-state index is 6.00. The summed E-state index contributed by atoms with van der Waals surface area (Å²) in [6.45, 7) is 6.50. The Morgan fingerprint density at radius 3 is 2.07 bits per heavy atom. The third kappa shape index (κ3) is 3.35. The highest BCUT2D eigenvalue weighted by Gasteiger charge is 2.17. The van der Waals surface area contributed by atoms with Crippen LogP contribution in [0.2, 0.25) is 0 Å². The minimum absolute atomic E-state index is 0.199. The molecule has 0 aliphatic carbocycles. The van der Waals surface area contributed by atoms with Gasteiger partial charge in [0.1, 0.15) is 0 Å². The first kappa shape index (κ1) is 11.6. The molecule has 0 heterocycles. The van der Waals surface area contributed by atoms with Crippen LogP contribution >= 0.6 is 11.8 Å². The molecule has 0 saturated heterocycles. The molecule has 0 amide bonds. The molecule has 14 heavy (non-hydrogen) atoms. The van der Waals surface area contributed by atoms with Gasteiger partial charge in [-0.3, -0.25) is 0 Å². The quantitative estimate of drug-likeness (QED) is 0.824. The lowest BCUT2D eigenvalue weighted by Crippen LogP contribution is -2.23. The van der Waals surface area contributed by atoms with E-state index in [0.29, 0.717) is 10.5 Å². The van der Waals surface area contributed by atoms with Crippen LogP contribution in [0.3, 0.4) is 0 Å². The van der Waals surface area contributed by atoms with Crippen molar-refractivity contribution in [2.24, 2.45) is 5.73 Å². The molecular weight excluding hydrogens is 190 g/mol. The van der Waals surface area contributed by atoms with Gasteiger partial charge >= 0.3 is 0 Å². The summed E-state index contributed by atoms with van der Waals surface area (Å²) in [4.78, 5) is 0. The van der Waals surface area contributed by atoms with Crippen LogP contribution < -0.4 is 5.73 Å². The minimum Gasteiger partial charge on any atom is -0.327 e. The Hall–Kier alpha value is -0.470. The SMILES string of the molecule is CC(C)SC(c1ccccc1)C(C)N. The minimum atomic E-state index is 0.199. The summed E-state index contributed by atoms with van der Waals surface area (Å²) in [6.07, 6.45) is 0. The van der Waals surface area contributed by atoms with Gasteiger partial charge in [0.15, 0.2) is 0 Å². The molecule has 2 unspecified atom stereocenters. The molecule has 2 N–H and O–H groups in total. The third-order valence-electron chi connectivity index (χ3n) is 2.02. The van der Waals surface area contributed by atoms with E-state index < -0.39 is 0 Å². The van der Waals surface area contributed by atoms with Crippen molar-refractivity contribution in [2.45, 2.75) is 37.3 Å².